The highest BCUT2D eigenvalue weighted by Crippen LogP contribution is 2.34. The molecule has 1 rings (SSSR count). The fourth-order valence-electron chi connectivity index (χ4n) is 2.40. The zero-order valence-corrected chi connectivity index (χ0v) is 11.2. The van der Waals surface area contributed by atoms with E-state index in [0.29, 0.717) is 5.92 Å². The van der Waals surface area contributed by atoms with Gasteiger partial charge in [0.15, 0.2) is 0 Å². The van der Waals surface area contributed by atoms with Crippen LogP contribution in [0.4, 0.5) is 0 Å². The van der Waals surface area contributed by atoms with Crippen molar-refractivity contribution in [2.45, 2.75) is 52.6 Å². The molecule has 0 saturated carbocycles. The van der Waals surface area contributed by atoms with Gasteiger partial charge in [-0.2, -0.15) is 0 Å². The number of aliphatic hydroxyl groups is 1. The summed E-state index contributed by atoms with van der Waals surface area (Å²) in [6, 6.07) is 1.79. The third-order valence-electron chi connectivity index (χ3n) is 3.82. The number of aromatic nitrogens is 1. The number of rotatable bonds is 5. The molecular weight excluding hydrogens is 214 g/mol. The van der Waals surface area contributed by atoms with Crippen LogP contribution in [0.2, 0.25) is 0 Å². The fourth-order valence-corrected chi connectivity index (χ4v) is 2.40. The molecule has 1 unspecified atom stereocenters. The number of aromatic amines is 1. The molecule has 17 heavy (non-hydrogen) atoms. The van der Waals surface area contributed by atoms with Crippen molar-refractivity contribution < 1.29 is 5.11 Å². The van der Waals surface area contributed by atoms with E-state index >= 15 is 0 Å². The normalized spacial score (nSPS) is 13.7. The highest BCUT2D eigenvalue weighted by Gasteiger charge is 2.31. The number of aliphatic hydroxyl groups excluding tert-OH is 1. The Bertz CT molecular complexity index is 420. The first-order valence-corrected chi connectivity index (χ1v) is 6.27. The van der Waals surface area contributed by atoms with Crippen LogP contribution >= 0.6 is 0 Å². The Labute approximate surface area is 103 Å². The first-order valence-electron chi connectivity index (χ1n) is 6.27. The van der Waals surface area contributed by atoms with Gasteiger partial charge >= 0.3 is 0 Å². The maximum atomic E-state index is 12.0. The second-order valence-electron chi connectivity index (χ2n) is 5.28. The smallest absolute Gasteiger partial charge is 0.252 e. The average Bonchev–Trinajstić information content (AvgIpc) is 2.28. The highest BCUT2D eigenvalue weighted by atomic mass is 16.3. The number of hydrogen-bond donors (Lipinski definition) is 2. The van der Waals surface area contributed by atoms with Crippen LogP contribution in [-0.4, -0.2) is 10.1 Å². The molecule has 96 valence electrons. The zero-order chi connectivity index (χ0) is 13.1. The number of hydrogen-bond acceptors (Lipinski definition) is 2. The summed E-state index contributed by atoms with van der Waals surface area (Å²) in [6.45, 7) is 8.39. The summed E-state index contributed by atoms with van der Waals surface area (Å²) in [6.07, 6.45) is 3.77. The number of H-pyrrole nitrogens is 1. The maximum Gasteiger partial charge on any atom is 0.252 e. The molecule has 0 aliphatic carbocycles. The van der Waals surface area contributed by atoms with Crippen molar-refractivity contribution in [3.05, 3.63) is 33.7 Å². The Kier molecular flexibility index (Phi) is 4.52. The Morgan fingerprint density at radius 3 is 2.65 bits per heavy atom. The van der Waals surface area contributed by atoms with Gasteiger partial charge in [0.2, 0.25) is 0 Å². The molecule has 1 aromatic rings. The summed E-state index contributed by atoms with van der Waals surface area (Å²) >= 11 is 0. The lowest BCUT2D eigenvalue weighted by Gasteiger charge is -2.33. The fraction of sp³-hybridized carbons (Fsp3) is 0.643. The Morgan fingerprint density at radius 1 is 1.47 bits per heavy atom. The lowest BCUT2D eigenvalue weighted by Crippen LogP contribution is -2.34. The van der Waals surface area contributed by atoms with E-state index in [0.717, 1.165) is 24.0 Å². The van der Waals surface area contributed by atoms with E-state index in [1.807, 2.05) is 0 Å². The van der Waals surface area contributed by atoms with Crippen molar-refractivity contribution in [3.63, 3.8) is 0 Å². The summed E-state index contributed by atoms with van der Waals surface area (Å²) in [5.41, 5.74) is 1.16. The van der Waals surface area contributed by atoms with Gasteiger partial charge in [0.1, 0.15) is 0 Å². The van der Waals surface area contributed by atoms with Gasteiger partial charge in [-0.05, 0) is 23.0 Å². The van der Waals surface area contributed by atoms with Crippen molar-refractivity contribution in [2.75, 3.05) is 0 Å². The number of nitrogens with one attached hydrogen (secondary N) is 1. The molecule has 0 fully saturated rings. The molecule has 1 aromatic heterocycles. The third-order valence-corrected chi connectivity index (χ3v) is 3.82. The van der Waals surface area contributed by atoms with Crippen LogP contribution in [0.5, 0.6) is 0 Å². The first-order chi connectivity index (χ1) is 7.95. The van der Waals surface area contributed by atoms with Gasteiger partial charge < -0.3 is 10.1 Å². The van der Waals surface area contributed by atoms with E-state index in [4.69, 9.17) is 0 Å². The highest BCUT2D eigenvalue weighted by molar-refractivity contribution is 5.30. The summed E-state index contributed by atoms with van der Waals surface area (Å²) in [4.78, 5) is 14.7. The molecule has 3 heteroatoms. The molecule has 0 spiro atoms. The monoisotopic (exact) mass is 237 g/mol. The Balaban J connectivity index is 3.26. The van der Waals surface area contributed by atoms with Crippen molar-refractivity contribution in [2.24, 2.45) is 5.92 Å². The molecule has 0 amide bonds. The molecule has 1 atom stereocenters. The van der Waals surface area contributed by atoms with Crippen LogP contribution in [-0.2, 0) is 12.0 Å². The largest absolute Gasteiger partial charge is 0.392 e. The van der Waals surface area contributed by atoms with E-state index in [1.165, 1.54) is 0 Å². The van der Waals surface area contributed by atoms with Crippen LogP contribution < -0.4 is 5.56 Å². The van der Waals surface area contributed by atoms with E-state index in [2.05, 4.69) is 32.7 Å². The average molecular weight is 237 g/mol. The maximum absolute atomic E-state index is 12.0. The number of pyridine rings is 1. The van der Waals surface area contributed by atoms with Crippen molar-refractivity contribution >= 4 is 0 Å². The van der Waals surface area contributed by atoms with Crippen LogP contribution in [0.15, 0.2) is 17.1 Å². The predicted molar refractivity (Wildman–Crippen MR) is 70.1 cm³/mol. The minimum atomic E-state index is -0.219. The molecule has 0 aliphatic heterocycles. The van der Waals surface area contributed by atoms with Crippen LogP contribution in [0, 0.1) is 5.92 Å². The van der Waals surface area contributed by atoms with E-state index in [9.17, 15) is 9.90 Å². The van der Waals surface area contributed by atoms with Crippen LogP contribution in [0.25, 0.3) is 0 Å². The Morgan fingerprint density at radius 2 is 2.12 bits per heavy atom. The molecule has 0 saturated heterocycles. The third kappa shape index (κ3) is 2.78. The molecule has 1 heterocycles. The topological polar surface area (TPSA) is 53.1 Å². The molecule has 2 N–H and O–H groups in total. The minimum Gasteiger partial charge on any atom is -0.392 e. The lowest BCUT2D eigenvalue weighted by atomic mass is 9.71. The van der Waals surface area contributed by atoms with Gasteiger partial charge in [-0.3, -0.25) is 4.79 Å². The summed E-state index contributed by atoms with van der Waals surface area (Å²) in [7, 11) is 0. The molecular formula is C14H23NO2. The SMILES string of the molecule is CCCC(C)C(C)(C)c1c(CO)cc[nH]c1=O. The van der Waals surface area contributed by atoms with Crippen LogP contribution in [0.1, 0.15) is 51.7 Å². The van der Waals surface area contributed by atoms with Crippen molar-refractivity contribution in [1.29, 1.82) is 0 Å². The van der Waals surface area contributed by atoms with Crippen molar-refractivity contribution in [1.82, 2.24) is 4.98 Å². The van der Waals surface area contributed by atoms with E-state index < -0.39 is 0 Å². The Hall–Kier alpha value is -1.09. The van der Waals surface area contributed by atoms with Crippen molar-refractivity contribution in [3.8, 4) is 0 Å². The van der Waals surface area contributed by atoms with Gasteiger partial charge in [-0.1, -0.05) is 40.5 Å². The predicted octanol–water partition coefficient (Wildman–Crippen LogP) is 2.58. The zero-order valence-electron chi connectivity index (χ0n) is 11.2. The molecule has 0 aliphatic rings. The summed E-state index contributed by atoms with van der Waals surface area (Å²) < 4.78 is 0. The van der Waals surface area contributed by atoms with Crippen LogP contribution in [0.3, 0.4) is 0 Å². The lowest BCUT2D eigenvalue weighted by molar-refractivity contribution is 0.267. The van der Waals surface area contributed by atoms with Gasteiger partial charge in [-0.15, -0.1) is 0 Å². The second-order valence-corrected chi connectivity index (χ2v) is 5.28. The van der Waals surface area contributed by atoms with E-state index in [-0.39, 0.29) is 17.6 Å². The van der Waals surface area contributed by atoms with E-state index in [1.54, 1.807) is 12.3 Å². The molecule has 0 aromatic carbocycles. The first kappa shape index (κ1) is 14.0. The molecule has 0 bridgehead atoms. The van der Waals surface area contributed by atoms with Gasteiger partial charge in [0, 0.05) is 11.8 Å². The second kappa shape index (κ2) is 5.50. The summed E-state index contributed by atoms with van der Waals surface area (Å²) in [5, 5.41) is 9.37. The molecule has 3 nitrogen and oxygen atoms in total. The summed E-state index contributed by atoms with van der Waals surface area (Å²) in [5.74, 6) is 0.404. The standard InChI is InChI=1S/C14H23NO2/c1-5-6-10(2)14(3,4)12-11(9-16)7-8-15-13(12)17/h7-8,10,16H,5-6,9H2,1-4H3,(H,15,17). The van der Waals surface area contributed by atoms with Gasteiger partial charge in [0.25, 0.3) is 5.56 Å². The quantitative estimate of drug-likeness (QED) is 0.827. The van der Waals surface area contributed by atoms with Gasteiger partial charge in [0.05, 0.1) is 6.61 Å². The minimum absolute atomic E-state index is 0.0792. The molecule has 0 radical (unpaired) electrons. The van der Waals surface area contributed by atoms with Gasteiger partial charge in [-0.25, -0.2) is 0 Å².